The molecule has 0 saturated carbocycles. The molecule has 0 amide bonds. The minimum Gasteiger partial charge on any atom is -0.0620 e. The zero-order chi connectivity index (χ0) is 63.4. The topological polar surface area (TPSA) is 134 Å². The molecule has 10 aromatic carbocycles. The van der Waals surface area contributed by atoms with Crippen molar-refractivity contribution in [3.8, 4) is 0 Å². The van der Waals surface area contributed by atoms with Gasteiger partial charge in [-0.2, -0.15) is 0 Å². The maximum atomic E-state index is 10.9. The third-order valence-electron chi connectivity index (χ3n) is 12.4. The predicted octanol–water partition coefficient (Wildman–Crippen LogP) is 10.1. The Morgan fingerprint density at radius 1 is 0.272 bits per heavy atom. The van der Waals surface area contributed by atoms with Gasteiger partial charge in [0.25, 0.3) is 0 Å². The van der Waals surface area contributed by atoms with Gasteiger partial charge in [0.2, 0.25) is 0 Å². The van der Waals surface area contributed by atoms with Crippen molar-refractivity contribution < 1.29 is 106 Å². The average molecular weight is 1930 g/mol. The van der Waals surface area contributed by atoms with Gasteiger partial charge in [-0.3, -0.25) is 0 Å². The van der Waals surface area contributed by atoms with Crippen molar-refractivity contribution in [3.63, 3.8) is 0 Å². The molecule has 500 valence electrons. The van der Waals surface area contributed by atoms with Crippen molar-refractivity contribution in [3.05, 3.63) is 303 Å². The van der Waals surface area contributed by atoms with E-state index in [1.54, 1.807) is 60.7 Å². The molecule has 0 spiro atoms. The van der Waals surface area contributed by atoms with Gasteiger partial charge in [0.1, 0.15) is 31.8 Å². The Balaban J connectivity index is 0.000000542. The summed E-state index contributed by atoms with van der Waals surface area (Å²) >= 11 is 15.5. The first kappa shape index (κ1) is 89.3. The minimum absolute atomic E-state index is 0. The molecule has 2 heterocycles. The Kier molecular flexibility index (Phi) is 49.2. The van der Waals surface area contributed by atoms with Crippen molar-refractivity contribution in [1.29, 1.82) is 0 Å². The largest absolute Gasteiger partial charge is 1.00 e. The number of benzene rings is 10. The maximum absolute atomic E-state index is 10.9. The second-order valence-corrected chi connectivity index (χ2v) is 56.8. The smallest absolute Gasteiger partial charge is 0.0620 e. The molecule has 0 aromatic heterocycles. The number of rotatable bonds is 10. The molecule has 2 saturated heterocycles. The van der Waals surface area contributed by atoms with Crippen molar-refractivity contribution in [1.82, 2.24) is 0 Å². The second kappa shape index (κ2) is 50.6. The first-order chi connectivity index (χ1) is 42.3. The van der Waals surface area contributed by atoms with E-state index in [2.05, 4.69) is 274 Å². The van der Waals surface area contributed by atoms with Gasteiger partial charge in [-0.1, -0.05) is 109 Å². The summed E-state index contributed by atoms with van der Waals surface area (Å²) in [6.45, 7) is 4.00. The molecule has 10 aromatic rings. The molecular formula is C68H72Cu4O8P6Se6+2. The van der Waals surface area contributed by atoms with Gasteiger partial charge in [0.15, 0.2) is 0 Å². The molecule has 0 aliphatic carbocycles. The predicted molar refractivity (Wildman–Crippen MR) is 390 cm³/mol. The summed E-state index contributed by atoms with van der Waals surface area (Å²) in [5.41, 5.74) is 0. The van der Waals surface area contributed by atoms with Crippen LogP contribution in [0.15, 0.2) is 303 Å². The molecule has 8 nitrogen and oxygen atoms in total. The van der Waals surface area contributed by atoms with Crippen LogP contribution in [0.25, 0.3) is 0 Å². The number of hydrogen-bond acceptors (Lipinski definition) is 6. The van der Waals surface area contributed by atoms with Gasteiger partial charge in [-0.25, -0.2) is 0 Å². The Bertz CT molecular complexity index is 3080. The summed E-state index contributed by atoms with van der Waals surface area (Å²) in [5, 5.41) is 11.4. The molecule has 2 aliphatic heterocycles. The molecule has 2 aliphatic rings. The van der Waals surface area contributed by atoms with E-state index < -0.39 is 36.8 Å². The molecule has 0 radical (unpaired) electrons. The third-order valence-corrected chi connectivity index (χ3v) is 29.6. The van der Waals surface area contributed by atoms with E-state index in [1.165, 1.54) is 57.5 Å². The van der Waals surface area contributed by atoms with Crippen LogP contribution in [0.3, 0.4) is 0 Å². The van der Waals surface area contributed by atoms with Crippen molar-refractivity contribution in [2.75, 3.05) is 26.4 Å². The van der Waals surface area contributed by atoms with Crippen LogP contribution in [0.5, 0.6) is 0 Å². The zero-order valence-corrected chi connectivity index (χ0v) is 69.0. The van der Waals surface area contributed by atoms with Crippen LogP contribution >= 0.6 is 36.8 Å². The summed E-state index contributed by atoms with van der Waals surface area (Å²) in [4.78, 5) is 37.0. The summed E-state index contributed by atoms with van der Waals surface area (Å²) in [7, 11) is -1.75. The van der Waals surface area contributed by atoms with E-state index in [1.807, 2.05) is 60.7 Å². The Morgan fingerprint density at radius 2 is 0.413 bits per heavy atom. The summed E-state index contributed by atoms with van der Waals surface area (Å²) < 4.78 is 27.7. The van der Waals surface area contributed by atoms with Gasteiger partial charge in [-0.15, -0.1) is 0 Å². The first-order valence-corrected chi connectivity index (χ1v) is 51.0. The van der Waals surface area contributed by atoms with E-state index in [-0.39, 0.29) is 68.3 Å². The normalized spacial score (nSPS) is 14.0. The van der Waals surface area contributed by atoms with E-state index in [0.717, 1.165) is 37.0 Å². The fraction of sp³-hybridized carbons (Fsp3) is 0.118. The van der Waals surface area contributed by atoms with Crippen LogP contribution < -0.4 is 53.0 Å². The maximum Gasteiger partial charge on any atom is 1.00 e. The standard InChI is InChI=1S/2C18H15P.2C6H7O2PSe.2C6H7OPSe2.2C4H8O.4Cu/c2*1-4-10-16(11-5-1)19(17-12-6-2-7-13-17)18-14-8-3-9-15-18;2*7-9(8,10)6-4-2-1-3-5-6;2*7-8(9,10)6-4-2-1-3-5-6;2*1-2-4-5-3-1;;;;/h2*1-15H;2*1-5H,(H2,7,8,10);2*1-5H,(H2,7,9,10);2*1-4H2;;;;/q;;;;;;;;4*+1/p-2. The molecular weight excluding hydrogens is 1860 g/mol. The van der Waals surface area contributed by atoms with Crippen molar-refractivity contribution in [2.45, 2.75) is 25.7 Å². The van der Waals surface area contributed by atoms with Crippen molar-refractivity contribution in [2.24, 2.45) is 0 Å². The Labute approximate surface area is 636 Å². The first-order valence-electron chi connectivity index (χ1n) is 27.9. The van der Waals surface area contributed by atoms with Crippen LogP contribution in [0, 0.1) is 0 Å². The SMILES string of the molecule is C1CCOC1.C1CCOC1.O=P(O)([Se-])c1ccccc1.O=P(O)([Se-])c1ccccc1.O[P@@](=[Se])([Se-])c1ccccc1.O[P@@](=[Se])([Se-])c1ccccc1.[Cu+].[Cu+].[Cu+].[Cu+].c1ccc([PH+](c2ccccc2)c2ccccc2)cc1.c1ccc([PH+](c2ccccc2)c2ccccc2)cc1. The number of ether oxygens (including phenoxy) is 2. The van der Waals surface area contributed by atoms with E-state index in [0.29, 0.717) is 10.6 Å². The van der Waals surface area contributed by atoms with Gasteiger partial charge < -0.3 is 9.47 Å². The summed E-state index contributed by atoms with van der Waals surface area (Å²) in [5.74, 6) is 0. The van der Waals surface area contributed by atoms with Crippen molar-refractivity contribution >= 4 is 182 Å². The molecule has 2 unspecified atom stereocenters. The second-order valence-electron chi connectivity index (χ2n) is 19.0. The van der Waals surface area contributed by atoms with Gasteiger partial charge in [0.05, 0.1) is 15.8 Å². The molecule has 24 heteroatoms. The Morgan fingerprint density at radius 3 is 0.511 bits per heavy atom. The Hall–Kier alpha value is -0.665. The fourth-order valence-electron chi connectivity index (χ4n) is 8.12. The molecule has 92 heavy (non-hydrogen) atoms. The van der Waals surface area contributed by atoms with Crippen LogP contribution in [-0.2, 0) is 86.9 Å². The summed E-state index contributed by atoms with van der Waals surface area (Å²) in [6, 6.07) is 94.9. The molecule has 0 bridgehead atoms. The van der Waals surface area contributed by atoms with Crippen LogP contribution in [0.4, 0.5) is 0 Å². The van der Waals surface area contributed by atoms with Crippen LogP contribution in [-0.4, -0.2) is 138 Å². The fourth-order valence-corrected chi connectivity index (χ4v) is 20.1. The quantitative estimate of drug-likeness (QED) is 0.0786. The molecule has 12 rings (SSSR count). The molecule has 4 N–H and O–H groups in total. The summed E-state index contributed by atoms with van der Waals surface area (Å²) in [6.07, 6.45) is 5.11. The van der Waals surface area contributed by atoms with Crippen LogP contribution in [0.2, 0.25) is 0 Å². The zero-order valence-electron chi connectivity index (χ0n) is 49.4. The van der Waals surface area contributed by atoms with Gasteiger partial charge in [0, 0.05) is 26.4 Å². The van der Waals surface area contributed by atoms with E-state index in [4.69, 9.17) is 19.3 Å². The van der Waals surface area contributed by atoms with E-state index >= 15 is 0 Å². The van der Waals surface area contributed by atoms with Crippen LogP contribution in [0.1, 0.15) is 25.7 Å². The molecule has 2 fully saturated rings. The van der Waals surface area contributed by atoms with Gasteiger partial charge >= 0.3 is 353 Å². The number of hydrogen-bond donors (Lipinski definition) is 4. The van der Waals surface area contributed by atoms with E-state index in [9.17, 15) is 18.9 Å². The van der Waals surface area contributed by atoms with Gasteiger partial charge in [-0.05, 0) is 98.5 Å². The minimum atomic E-state index is -3.14. The third kappa shape index (κ3) is 37.0. The average Bonchev–Trinajstić information content (AvgIpc) is 1.26. The molecule has 4 atom stereocenters. The monoisotopic (exact) mass is 1930 g/mol.